The standard InChI is InChI=1S/C14H22N4O2/c15-12-4-7-18(16-12)10-13(19)17-8-6-14(20)5-2-1-3-11(14)9-17/h4,7,11,20H,1-3,5-6,8-10H2,(H2,15,16). The van der Waals surface area contributed by atoms with E-state index in [9.17, 15) is 9.90 Å². The van der Waals surface area contributed by atoms with Crippen molar-refractivity contribution in [3.8, 4) is 0 Å². The molecule has 2 aliphatic rings. The first kappa shape index (κ1) is 13.4. The molecule has 1 aromatic rings. The largest absolute Gasteiger partial charge is 0.389 e. The summed E-state index contributed by atoms with van der Waals surface area (Å²) >= 11 is 0. The molecule has 110 valence electrons. The molecule has 0 radical (unpaired) electrons. The Bertz CT molecular complexity index is 501. The van der Waals surface area contributed by atoms with E-state index in [0.29, 0.717) is 25.3 Å². The molecule has 0 aromatic carbocycles. The third-order valence-electron chi connectivity index (χ3n) is 4.74. The van der Waals surface area contributed by atoms with Gasteiger partial charge in [0.15, 0.2) is 0 Å². The van der Waals surface area contributed by atoms with Crippen LogP contribution >= 0.6 is 0 Å². The number of anilines is 1. The second kappa shape index (κ2) is 5.09. The summed E-state index contributed by atoms with van der Waals surface area (Å²) in [6.07, 6.45) is 6.58. The first-order chi connectivity index (χ1) is 9.57. The fraction of sp³-hybridized carbons (Fsp3) is 0.714. The molecule has 6 heteroatoms. The normalized spacial score (nSPS) is 30.1. The molecule has 1 amide bonds. The van der Waals surface area contributed by atoms with Crippen molar-refractivity contribution < 1.29 is 9.90 Å². The number of rotatable bonds is 2. The third kappa shape index (κ3) is 2.52. The summed E-state index contributed by atoms with van der Waals surface area (Å²) in [5.74, 6) is 0.718. The average molecular weight is 278 g/mol. The number of piperidine rings is 1. The number of carbonyl (C=O) groups excluding carboxylic acids is 1. The Balaban J connectivity index is 1.62. The van der Waals surface area contributed by atoms with Gasteiger partial charge < -0.3 is 15.7 Å². The van der Waals surface area contributed by atoms with Gasteiger partial charge in [-0.2, -0.15) is 5.10 Å². The van der Waals surface area contributed by atoms with Crippen molar-refractivity contribution in [2.45, 2.75) is 44.2 Å². The molecule has 2 heterocycles. The van der Waals surface area contributed by atoms with E-state index >= 15 is 0 Å². The zero-order chi connectivity index (χ0) is 14.2. The van der Waals surface area contributed by atoms with Gasteiger partial charge in [0.2, 0.25) is 5.91 Å². The Morgan fingerprint density at radius 1 is 1.50 bits per heavy atom. The van der Waals surface area contributed by atoms with Gasteiger partial charge in [-0.3, -0.25) is 9.48 Å². The summed E-state index contributed by atoms with van der Waals surface area (Å²) < 4.78 is 1.57. The number of likely N-dealkylation sites (tertiary alicyclic amines) is 1. The van der Waals surface area contributed by atoms with E-state index in [1.807, 2.05) is 4.90 Å². The predicted octanol–water partition coefficient (Wildman–Crippen LogP) is 0.619. The van der Waals surface area contributed by atoms with Crippen molar-refractivity contribution in [1.82, 2.24) is 14.7 Å². The van der Waals surface area contributed by atoms with Crippen LogP contribution in [-0.2, 0) is 11.3 Å². The van der Waals surface area contributed by atoms with Crippen LogP contribution in [0, 0.1) is 5.92 Å². The lowest BCUT2D eigenvalue weighted by Crippen LogP contribution is -2.55. The average Bonchev–Trinajstić information content (AvgIpc) is 2.83. The predicted molar refractivity (Wildman–Crippen MR) is 74.7 cm³/mol. The number of aliphatic hydroxyl groups is 1. The minimum atomic E-state index is -0.537. The van der Waals surface area contributed by atoms with Crippen LogP contribution in [0.15, 0.2) is 12.3 Å². The smallest absolute Gasteiger partial charge is 0.244 e. The summed E-state index contributed by atoms with van der Waals surface area (Å²) in [4.78, 5) is 14.2. The summed E-state index contributed by atoms with van der Waals surface area (Å²) in [5, 5.41) is 14.6. The lowest BCUT2D eigenvalue weighted by molar-refractivity contribution is -0.144. The molecule has 2 fully saturated rings. The van der Waals surface area contributed by atoms with Crippen molar-refractivity contribution in [2.75, 3.05) is 18.8 Å². The van der Waals surface area contributed by atoms with Gasteiger partial charge in [0.05, 0.1) is 5.60 Å². The fourth-order valence-corrected chi connectivity index (χ4v) is 3.50. The number of fused-ring (bicyclic) bond motifs is 1. The van der Waals surface area contributed by atoms with Gasteiger partial charge in [-0.15, -0.1) is 0 Å². The molecular weight excluding hydrogens is 256 g/mol. The summed E-state index contributed by atoms with van der Waals surface area (Å²) in [5.41, 5.74) is 5.01. The van der Waals surface area contributed by atoms with E-state index in [1.165, 1.54) is 0 Å². The zero-order valence-electron chi connectivity index (χ0n) is 11.7. The van der Waals surface area contributed by atoms with Gasteiger partial charge in [-0.05, 0) is 25.3 Å². The van der Waals surface area contributed by atoms with Crippen LogP contribution < -0.4 is 5.73 Å². The molecule has 1 aliphatic heterocycles. The second-order valence-electron chi connectivity index (χ2n) is 6.07. The highest BCUT2D eigenvalue weighted by molar-refractivity contribution is 5.76. The molecule has 0 bridgehead atoms. The quantitative estimate of drug-likeness (QED) is 0.830. The van der Waals surface area contributed by atoms with Gasteiger partial charge >= 0.3 is 0 Å². The van der Waals surface area contributed by atoms with Crippen molar-refractivity contribution in [2.24, 2.45) is 5.92 Å². The van der Waals surface area contributed by atoms with E-state index in [0.717, 1.165) is 25.7 Å². The molecule has 3 N–H and O–H groups in total. The topological polar surface area (TPSA) is 84.4 Å². The van der Waals surface area contributed by atoms with E-state index in [-0.39, 0.29) is 18.4 Å². The number of carbonyl (C=O) groups is 1. The maximum absolute atomic E-state index is 12.3. The molecule has 1 aromatic heterocycles. The highest BCUT2D eigenvalue weighted by Gasteiger charge is 2.43. The maximum atomic E-state index is 12.3. The van der Waals surface area contributed by atoms with Gasteiger partial charge in [0.1, 0.15) is 12.4 Å². The molecule has 2 unspecified atom stereocenters. The van der Waals surface area contributed by atoms with Crippen molar-refractivity contribution in [3.63, 3.8) is 0 Å². The first-order valence-corrected chi connectivity index (χ1v) is 7.36. The Labute approximate surface area is 118 Å². The van der Waals surface area contributed by atoms with Crippen LogP contribution in [0.25, 0.3) is 0 Å². The zero-order valence-corrected chi connectivity index (χ0v) is 11.7. The molecule has 20 heavy (non-hydrogen) atoms. The van der Waals surface area contributed by atoms with E-state index in [2.05, 4.69) is 5.10 Å². The molecule has 2 atom stereocenters. The van der Waals surface area contributed by atoms with Gasteiger partial charge in [0, 0.05) is 25.2 Å². The highest BCUT2D eigenvalue weighted by atomic mass is 16.3. The molecule has 1 saturated heterocycles. The third-order valence-corrected chi connectivity index (χ3v) is 4.74. The van der Waals surface area contributed by atoms with Crippen LogP contribution in [0.4, 0.5) is 5.82 Å². The van der Waals surface area contributed by atoms with Crippen LogP contribution in [0.5, 0.6) is 0 Å². The number of aromatic nitrogens is 2. The molecular formula is C14H22N4O2. The van der Waals surface area contributed by atoms with Crippen molar-refractivity contribution >= 4 is 11.7 Å². The van der Waals surface area contributed by atoms with E-state index in [1.54, 1.807) is 16.9 Å². The Morgan fingerprint density at radius 3 is 3.10 bits per heavy atom. The van der Waals surface area contributed by atoms with Crippen LogP contribution in [0.1, 0.15) is 32.1 Å². The SMILES string of the molecule is Nc1ccn(CC(=O)N2CCC3(O)CCCCC3C2)n1. The van der Waals surface area contributed by atoms with Gasteiger partial charge in [-0.1, -0.05) is 12.8 Å². The minimum Gasteiger partial charge on any atom is -0.389 e. The van der Waals surface area contributed by atoms with Crippen LogP contribution in [-0.4, -0.2) is 44.4 Å². The van der Waals surface area contributed by atoms with Crippen molar-refractivity contribution in [3.05, 3.63) is 12.3 Å². The summed E-state index contributed by atoms with van der Waals surface area (Å²) in [6, 6.07) is 1.68. The highest BCUT2D eigenvalue weighted by Crippen LogP contribution is 2.39. The Hall–Kier alpha value is -1.56. The first-order valence-electron chi connectivity index (χ1n) is 7.36. The number of hydrogen-bond acceptors (Lipinski definition) is 4. The Kier molecular flexibility index (Phi) is 3.41. The summed E-state index contributed by atoms with van der Waals surface area (Å²) in [7, 11) is 0. The van der Waals surface area contributed by atoms with E-state index < -0.39 is 5.60 Å². The lowest BCUT2D eigenvalue weighted by atomic mass is 9.71. The molecule has 6 nitrogen and oxygen atoms in total. The van der Waals surface area contributed by atoms with Gasteiger partial charge in [-0.25, -0.2) is 0 Å². The van der Waals surface area contributed by atoms with Gasteiger partial charge in [0.25, 0.3) is 0 Å². The minimum absolute atomic E-state index is 0.0562. The van der Waals surface area contributed by atoms with E-state index in [4.69, 9.17) is 5.73 Å². The Morgan fingerprint density at radius 2 is 2.35 bits per heavy atom. The number of nitrogen functional groups attached to an aromatic ring is 1. The number of hydrogen-bond donors (Lipinski definition) is 2. The molecule has 1 saturated carbocycles. The fourth-order valence-electron chi connectivity index (χ4n) is 3.50. The van der Waals surface area contributed by atoms with Crippen LogP contribution in [0.2, 0.25) is 0 Å². The second-order valence-corrected chi connectivity index (χ2v) is 6.07. The molecule has 0 spiro atoms. The molecule has 1 aliphatic carbocycles. The lowest BCUT2D eigenvalue weighted by Gasteiger charge is -2.47. The number of nitrogens with zero attached hydrogens (tertiary/aromatic N) is 3. The number of amides is 1. The molecule has 3 rings (SSSR count). The van der Waals surface area contributed by atoms with Crippen molar-refractivity contribution in [1.29, 1.82) is 0 Å². The van der Waals surface area contributed by atoms with Crippen LogP contribution in [0.3, 0.4) is 0 Å². The summed E-state index contributed by atoms with van der Waals surface area (Å²) in [6.45, 7) is 1.54. The number of nitrogens with two attached hydrogens (primary N) is 1. The maximum Gasteiger partial charge on any atom is 0.244 e. The monoisotopic (exact) mass is 278 g/mol.